The summed E-state index contributed by atoms with van der Waals surface area (Å²) in [6.45, 7) is 6.33. The summed E-state index contributed by atoms with van der Waals surface area (Å²) in [5, 5.41) is 2.17. The van der Waals surface area contributed by atoms with E-state index < -0.39 is 0 Å². The number of aromatic nitrogens is 2. The van der Waals surface area contributed by atoms with Crippen molar-refractivity contribution in [1.82, 2.24) is 9.55 Å². The number of halogens is 1. The fourth-order valence-corrected chi connectivity index (χ4v) is 5.10. The number of benzene rings is 1. The van der Waals surface area contributed by atoms with Gasteiger partial charge in [0.15, 0.2) is 5.16 Å². The van der Waals surface area contributed by atoms with Gasteiger partial charge in [-0.05, 0) is 49.6 Å². The van der Waals surface area contributed by atoms with Crippen LogP contribution in [0.3, 0.4) is 0 Å². The number of thioether (sulfide) groups is 1. The van der Waals surface area contributed by atoms with Gasteiger partial charge in [0, 0.05) is 15.7 Å². The van der Waals surface area contributed by atoms with Gasteiger partial charge in [0.05, 0.1) is 11.1 Å². The fraction of sp³-hybridized carbons (Fsp3) is 0.368. The first-order valence-corrected chi connectivity index (χ1v) is 10.7. The van der Waals surface area contributed by atoms with Crippen LogP contribution in [0.25, 0.3) is 15.9 Å². The van der Waals surface area contributed by atoms with Gasteiger partial charge in [0.25, 0.3) is 5.56 Å². The van der Waals surface area contributed by atoms with E-state index in [0.717, 1.165) is 51.6 Å². The number of aryl methyl sites for hydroxylation is 2. The fourth-order valence-electron chi connectivity index (χ4n) is 2.78. The van der Waals surface area contributed by atoms with Crippen LogP contribution in [0.2, 0.25) is 5.02 Å². The van der Waals surface area contributed by atoms with E-state index in [4.69, 9.17) is 16.6 Å². The van der Waals surface area contributed by atoms with E-state index in [1.54, 1.807) is 27.7 Å². The van der Waals surface area contributed by atoms with Crippen LogP contribution in [0.15, 0.2) is 34.2 Å². The third-order valence-corrected chi connectivity index (χ3v) is 6.67. The zero-order valence-electron chi connectivity index (χ0n) is 14.6. The maximum Gasteiger partial charge on any atom is 0.267 e. The van der Waals surface area contributed by atoms with Crippen LogP contribution in [-0.2, 0) is 6.42 Å². The van der Waals surface area contributed by atoms with Crippen molar-refractivity contribution < 1.29 is 0 Å². The molecule has 0 bridgehead atoms. The smallest absolute Gasteiger partial charge is 0.267 e. The van der Waals surface area contributed by atoms with Crippen LogP contribution in [-0.4, -0.2) is 15.3 Å². The number of rotatable bonds is 6. The van der Waals surface area contributed by atoms with Crippen LogP contribution in [0.1, 0.15) is 37.1 Å². The predicted molar refractivity (Wildman–Crippen MR) is 110 cm³/mol. The van der Waals surface area contributed by atoms with Gasteiger partial charge in [-0.15, -0.1) is 11.3 Å². The van der Waals surface area contributed by atoms with Gasteiger partial charge in [-0.1, -0.05) is 43.6 Å². The highest BCUT2D eigenvalue weighted by atomic mass is 35.5. The second-order valence-corrected chi connectivity index (χ2v) is 8.52. The third kappa shape index (κ3) is 3.64. The second-order valence-electron chi connectivity index (χ2n) is 5.94. The molecule has 132 valence electrons. The minimum atomic E-state index is 0.0158. The molecule has 25 heavy (non-hydrogen) atoms. The molecular weight excluding hydrogens is 372 g/mol. The molecule has 0 radical (unpaired) electrons. The van der Waals surface area contributed by atoms with Gasteiger partial charge < -0.3 is 0 Å². The molecule has 0 atom stereocenters. The predicted octanol–water partition coefficient (Wildman–Crippen LogP) is 5.86. The van der Waals surface area contributed by atoms with Crippen molar-refractivity contribution in [2.45, 2.75) is 45.2 Å². The van der Waals surface area contributed by atoms with E-state index >= 15 is 0 Å². The topological polar surface area (TPSA) is 34.9 Å². The first kappa shape index (κ1) is 18.5. The summed E-state index contributed by atoms with van der Waals surface area (Å²) in [6, 6.07) is 7.37. The van der Waals surface area contributed by atoms with Gasteiger partial charge in [0.1, 0.15) is 4.83 Å². The molecule has 1 aromatic carbocycles. The quantitative estimate of drug-likeness (QED) is 0.389. The lowest BCUT2D eigenvalue weighted by Gasteiger charge is -2.12. The molecule has 0 aliphatic heterocycles. The Kier molecular flexibility index (Phi) is 5.87. The average molecular weight is 393 g/mol. The molecule has 6 heteroatoms. The molecule has 0 spiro atoms. The van der Waals surface area contributed by atoms with Crippen molar-refractivity contribution in [1.29, 1.82) is 0 Å². The Morgan fingerprint density at radius 2 is 1.92 bits per heavy atom. The first-order valence-electron chi connectivity index (χ1n) is 8.50. The van der Waals surface area contributed by atoms with E-state index in [-0.39, 0.29) is 5.56 Å². The Hall–Kier alpha value is -1.30. The van der Waals surface area contributed by atoms with Crippen LogP contribution >= 0.6 is 34.7 Å². The second kappa shape index (κ2) is 7.94. The van der Waals surface area contributed by atoms with Gasteiger partial charge >= 0.3 is 0 Å². The van der Waals surface area contributed by atoms with Gasteiger partial charge in [-0.3, -0.25) is 9.36 Å². The maximum atomic E-state index is 13.3. The van der Waals surface area contributed by atoms with Crippen molar-refractivity contribution in [3.8, 4) is 5.69 Å². The summed E-state index contributed by atoms with van der Waals surface area (Å²) in [6.07, 6.45) is 3.09. The van der Waals surface area contributed by atoms with Crippen LogP contribution in [0.4, 0.5) is 0 Å². The summed E-state index contributed by atoms with van der Waals surface area (Å²) < 4.78 is 1.73. The Labute approximate surface area is 161 Å². The Morgan fingerprint density at radius 3 is 2.56 bits per heavy atom. The van der Waals surface area contributed by atoms with E-state index in [1.165, 1.54) is 4.88 Å². The molecule has 2 heterocycles. The van der Waals surface area contributed by atoms with E-state index in [9.17, 15) is 4.79 Å². The average Bonchev–Trinajstić information content (AvgIpc) is 2.91. The number of fused-ring (bicyclic) bond motifs is 1. The number of hydrogen-bond donors (Lipinski definition) is 0. The van der Waals surface area contributed by atoms with Crippen LogP contribution < -0.4 is 5.56 Å². The maximum absolute atomic E-state index is 13.3. The molecule has 0 aliphatic carbocycles. The molecule has 2 aromatic heterocycles. The van der Waals surface area contributed by atoms with Crippen LogP contribution in [0, 0.1) is 6.92 Å². The SMILES string of the molecule is CCCSc1nc2sc(CCC)c(C)c2c(=O)n1-c1ccc(Cl)cc1. The van der Waals surface area contributed by atoms with E-state index in [1.807, 2.05) is 31.2 Å². The summed E-state index contributed by atoms with van der Waals surface area (Å²) in [5.74, 6) is 0.928. The Bertz CT molecular complexity index is 945. The van der Waals surface area contributed by atoms with Crippen molar-refractivity contribution in [3.63, 3.8) is 0 Å². The minimum absolute atomic E-state index is 0.0158. The summed E-state index contributed by atoms with van der Waals surface area (Å²) >= 11 is 9.30. The Balaban J connectivity index is 2.27. The summed E-state index contributed by atoms with van der Waals surface area (Å²) in [4.78, 5) is 20.3. The number of thiophene rings is 1. The highest BCUT2D eigenvalue weighted by Crippen LogP contribution is 2.31. The third-order valence-electron chi connectivity index (χ3n) is 4.03. The van der Waals surface area contributed by atoms with Crippen molar-refractivity contribution in [3.05, 3.63) is 50.1 Å². The molecule has 3 rings (SSSR count). The largest absolute Gasteiger partial charge is 0.268 e. The van der Waals surface area contributed by atoms with Gasteiger partial charge in [-0.25, -0.2) is 4.98 Å². The first-order chi connectivity index (χ1) is 12.1. The monoisotopic (exact) mass is 392 g/mol. The van der Waals surface area contributed by atoms with Crippen molar-refractivity contribution in [2.75, 3.05) is 5.75 Å². The standard InChI is InChI=1S/C19H21ClN2OS2/c1-4-6-15-12(3)16-17(25-15)21-19(24-11-5-2)22(18(16)23)14-9-7-13(20)8-10-14/h7-10H,4-6,11H2,1-3H3. The van der Waals surface area contributed by atoms with E-state index in [0.29, 0.717) is 5.02 Å². The molecule has 0 saturated heterocycles. The molecule has 3 nitrogen and oxygen atoms in total. The summed E-state index contributed by atoms with van der Waals surface area (Å²) in [7, 11) is 0. The molecule has 3 aromatic rings. The molecule has 0 saturated carbocycles. The summed E-state index contributed by atoms with van der Waals surface area (Å²) in [5.41, 5.74) is 1.90. The Morgan fingerprint density at radius 1 is 1.20 bits per heavy atom. The molecule has 0 unspecified atom stereocenters. The minimum Gasteiger partial charge on any atom is -0.268 e. The molecule has 0 N–H and O–H groups in total. The van der Waals surface area contributed by atoms with Gasteiger partial charge in [-0.2, -0.15) is 0 Å². The lowest BCUT2D eigenvalue weighted by molar-refractivity contribution is 0.820. The zero-order chi connectivity index (χ0) is 18.0. The lowest BCUT2D eigenvalue weighted by Crippen LogP contribution is -2.21. The molecular formula is C19H21ClN2OS2. The van der Waals surface area contributed by atoms with E-state index in [2.05, 4.69) is 13.8 Å². The molecule has 0 fully saturated rings. The molecule has 0 aliphatic rings. The van der Waals surface area contributed by atoms with Crippen molar-refractivity contribution >= 4 is 44.9 Å². The number of nitrogens with zero attached hydrogens (tertiary/aromatic N) is 2. The lowest BCUT2D eigenvalue weighted by atomic mass is 10.1. The van der Waals surface area contributed by atoms with Crippen LogP contribution in [0.5, 0.6) is 0 Å². The highest BCUT2D eigenvalue weighted by Gasteiger charge is 2.18. The highest BCUT2D eigenvalue weighted by molar-refractivity contribution is 7.99. The normalized spacial score (nSPS) is 11.4. The zero-order valence-corrected chi connectivity index (χ0v) is 17.0. The number of hydrogen-bond acceptors (Lipinski definition) is 4. The van der Waals surface area contributed by atoms with Crippen molar-refractivity contribution in [2.24, 2.45) is 0 Å². The van der Waals surface area contributed by atoms with Gasteiger partial charge in [0.2, 0.25) is 0 Å². The molecule has 0 amide bonds.